The maximum atomic E-state index is 12.4. The summed E-state index contributed by atoms with van der Waals surface area (Å²) in [5.41, 5.74) is -0.963. The van der Waals surface area contributed by atoms with Crippen molar-refractivity contribution in [3.05, 3.63) is 18.1 Å². The first-order chi connectivity index (χ1) is 17.9. The highest BCUT2D eigenvalue weighted by Gasteiger charge is 2.85. The quantitative estimate of drug-likeness (QED) is 0.462. The Morgan fingerprint density at radius 3 is 2.44 bits per heavy atom. The van der Waals surface area contributed by atoms with Crippen LogP contribution >= 0.6 is 0 Å². The molecule has 1 heterocycles. The van der Waals surface area contributed by atoms with Crippen molar-refractivity contribution in [3.8, 4) is 0 Å². The van der Waals surface area contributed by atoms with Gasteiger partial charge in [0.15, 0.2) is 0 Å². The first kappa shape index (κ1) is 28.4. The summed E-state index contributed by atoms with van der Waals surface area (Å²) in [7, 11) is 0. The second-order valence-corrected chi connectivity index (χ2v) is 16.3. The Balaban J connectivity index is 1.29. The van der Waals surface area contributed by atoms with Gasteiger partial charge in [-0.25, -0.2) is 0 Å². The third-order valence-electron chi connectivity index (χ3n) is 13.5. The third kappa shape index (κ3) is 3.56. The number of ether oxygens (including phenoxy) is 1. The van der Waals surface area contributed by atoms with Gasteiger partial charge in [-0.15, -0.1) is 0 Å². The monoisotopic (exact) mass is 542 g/mol. The average molecular weight is 543 g/mol. The van der Waals surface area contributed by atoms with Crippen LogP contribution in [-0.2, 0) is 9.53 Å². The molecule has 6 nitrogen and oxygen atoms in total. The lowest BCUT2D eigenvalue weighted by Crippen LogP contribution is -2.58. The standard InChI is InChI=1S/C33H52NO5/c1-19-15-21(16-34(20(2)35)18-28(3,4)38)39-26-25(19)30(7)13-14-33-17-32(33)12-11-24(36)29(5,6)22(32)9-10-23(33)31(30,8)27(26)37/h19,22,24-25,27,36-38H,9-18H2,1-8H3/t19-,22+,24?,25+,27+,30-,31-,32-,33+/m1/s1. The number of aliphatic hydroxyl groups excluding tert-OH is 2. The third-order valence-corrected chi connectivity index (χ3v) is 13.5. The molecule has 39 heavy (non-hydrogen) atoms. The van der Waals surface area contributed by atoms with Crippen LogP contribution in [0, 0.1) is 63.0 Å². The Labute approximate surface area is 236 Å². The fraction of sp³-hybridized carbons (Fsp3) is 0.879. The van der Waals surface area contributed by atoms with Crippen LogP contribution in [0.25, 0.3) is 0 Å². The van der Waals surface area contributed by atoms with Gasteiger partial charge in [-0.1, -0.05) is 34.6 Å². The maximum Gasteiger partial charge on any atom is 0.219 e. The minimum absolute atomic E-state index is 0.0564. The van der Waals surface area contributed by atoms with Gasteiger partial charge in [0.25, 0.3) is 0 Å². The minimum atomic E-state index is -0.987. The second-order valence-electron chi connectivity index (χ2n) is 16.3. The molecule has 6 rings (SSSR count). The molecule has 2 spiro atoms. The normalized spacial score (nSPS) is 49.4. The number of hydrogen-bond donors (Lipinski definition) is 3. The molecule has 0 bridgehead atoms. The van der Waals surface area contributed by atoms with Gasteiger partial charge in [-0.05, 0) is 105 Å². The lowest BCUT2D eigenvalue weighted by atomic mass is 9.41. The molecule has 6 aliphatic rings. The van der Waals surface area contributed by atoms with Crippen LogP contribution in [0.15, 0.2) is 0 Å². The van der Waals surface area contributed by atoms with Gasteiger partial charge in [0, 0.05) is 24.8 Å². The summed E-state index contributed by atoms with van der Waals surface area (Å²) in [4.78, 5) is 14.1. The van der Waals surface area contributed by atoms with Crippen LogP contribution in [0.5, 0.6) is 0 Å². The van der Waals surface area contributed by atoms with Crippen LogP contribution in [0.2, 0.25) is 0 Å². The zero-order valence-electron chi connectivity index (χ0n) is 25.6. The van der Waals surface area contributed by atoms with Crippen LogP contribution in [0.1, 0.15) is 107 Å². The van der Waals surface area contributed by atoms with Crippen molar-refractivity contribution in [1.29, 1.82) is 0 Å². The van der Waals surface area contributed by atoms with E-state index in [0.717, 1.165) is 50.7 Å². The molecule has 1 saturated heterocycles. The van der Waals surface area contributed by atoms with Gasteiger partial charge in [0.05, 0.1) is 24.4 Å². The molecule has 5 aliphatic carbocycles. The van der Waals surface area contributed by atoms with Crippen molar-refractivity contribution in [2.24, 2.45) is 44.8 Å². The van der Waals surface area contributed by atoms with Gasteiger partial charge < -0.3 is 25.0 Å². The summed E-state index contributed by atoms with van der Waals surface area (Å²) < 4.78 is 6.65. The number of rotatable bonds is 4. The van der Waals surface area contributed by atoms with Crippen molar-refractivity contribution >= 4 is 5.91 Å². The van der Waals surface area contributed by atoms with Crippen LogP contribution in [0.3, 0.4) is 0 Å². The molecule has 1 amide bonds. The summed E-state index contributed by atoms with van der Waals surface area (Å²) >= 11 is 0. The Bertz CT molecular complexity index is 1020. The molecule has 6 heteroatoms. The lowest BCUT2D eigenvalue weighted by Gasteiger charge is -2.63. The first-order valence-electron chi connectivity index (χ1n) is 15.5. The summed E-state index contributed by atoms with van der Waals surface area (Å²) in [6, 6.07) is 0. The van der Waals surface area contributed by atoms with E-state index in [2.05, 4.69) is 34.6 Å². The molecule has 1 unspecified atom stereocenters. The Morgan fingerprint density at radius 1 is 1.10 bits per heavy atom. The van der Waals surface area contributed by atoms with E-state index >= 15 is 0 Å². The Kier molecular flexibility index (Phi) is 6.16. The molecule has 3 radical (unpaired) electrons. The summed E-state index contributed by atoms with van der Waals surface area (Å²) in [6.45, 7) is 17.2. The van der Waals surface area contributed by atoms with E-state index in [-0.39, 0.29) is 51.5 Å². The largest absolute Gasteiger partial charge is 0.393 e. The number of amides is 1. The maximum absolute atomic E-state index is 12.4. The van der Waals surface area contributed by atoms with Crippen molar-refractivity contribution < 1.29 is 24.9 Å². The minimum Gasteiger partial charge on any atom is -0.393 e. The average Bonchev–Trinajstić information content (AvgIpc) is 3.45. The van der Waals surface area contributed by atoms with E-state index in [9.17, 15) is 20.1 Å². The summed E-state index contributed by atoms with van der Waals surface area (Å²) in [6.07, 6.45) is 9.21. The van der Waals surface area contributed by atoms with Gasteiger partial charge >= 0.3 is 0 Å². The van der Waals surface area contributed by atoms with Crippen LogP contribution < -0.4 is 0 Å². The van der Waals surface area contributed by atoms with E-state index in [1.807, 2.05) is 0 Å². The fourth-order valence-corrected chi connectivity index (χ4v) is 11.6. The number of nitrogens with zero attached hydrogens (tertiary/aromatic N) is 1. The van der Waals surface area contributed by atoms with E-state index in [1.165, 1.54) is 12.8 Å². The molecule has 1 aliphatic heterocycles. The first-order valence-corrected chi connectivity index (χ1v) is 15.5. The number of carbonyl (C=O) groups excluding carboxylic acids is 1. The van der Waals surface area contributed by atoms with Gasteiger partial charge in [-0.3, -0.25) is 4.79 Å². The van der Waals surface area contributed by atoms with Crippen LogP contribution in [0.4, 0.5) is 0 Å². The molecule has 9 atom stereocenters. The zero-order valence-corrected chi connectivity index (χ0v) is 25.6. The number of fused-ring (bicyclic) bond motifs is 4. The number of hydrogen-bond acceptors (Lipinski definition) is 5. The molecule has 219 valence electrons. The fourth-order valence-electron chi connectivity index (χ4n) is 11.6. The molecular formula is C33H52NO5. The zero-order chi connectivity index (χ0) is 28.6. The molecule has 0 aromatic carbocycles. The molecule has 0 aromatic rings. The molecule has 6 fully saturated rings. The Morgan fingerprint density at radius 2 is 1.79 bits per heavy atom. The topological polar surface area (TPSA) is 90.2 Å². The van der Waals surface area contributed by atoms with Crippen molar-refractivity contribution in [1.82, 2.24) is 4.90 Å². The molecule has 0 aromatic heterocycles. The van der Waals surface area contributed by atoms with E-state index in [4.69, 9.17) is 4.74 Å². The second kappa shape index (κ2) is 8.45. The van der Waals surface area contributed by atoms with E-state index < -0.39 is 11.7 Å². The van der Waals surface area contributed by atoms with Crippen molar-refractivity contribution in [2.45, 2.75) is 125 Å². The van der Waals surface area contributed by atoms with Gasteiger partial charge in [-0.2, -0.15) is 0 Å². The SMILES string of the molecule is CC(=O)N(C[C]1C[C@@H](C)[C@H]2[C](O1)[C@H](O)[C@@]1(C)[C]3CC[C@H]4C(C)(C)C(O)CC[C@@]45C[C@@]35CC[C@]21C)CC(C)(C)O. The lowest BCUT2D eigenvalue weighted by molar-refractivity contribution is -0.133. The van der Waals surface area contributed by atoms with Gasteiger partial charge in [0.2, 0.25) is 5.91 Å². The highest BCUT2D eigenvalue weighted by molar-refractivity contribution is 5.73. The van der Waals surface area contributed by atoms with Crippen molar-refractivity contribution in [2.75, 3.05) is 13.1 Å². The smallest absolute Gasteiger partial charge is 0.219 e. The molecular weight excluding hydrogens is 490 g/mol. The predicted octanol–water partition coefficient (Wildman–Crippen LogP) is 5.07. The van der Waals surface area contributed by atoms with E-state index in [1.54, 1.807) is 31.6 Å². The summed E-state index contributed by atoms with van der Waals surface area (Å²) in [5, 5.41) is 33.6. The highest BCUT2D eigenvalue weighted by Crippen LogP contribution is 2.90. The number of carbonyl (C=O) groups is 1. The molecule has 3 N–H and O–H groups in total. The van der Waals surface area contributed by atoms with E-state index in [0.29, 0.717) is 18.4 Å². The van der Waals surface area contributed by atoms with Crippen LogP contribution in [-0.4, -0.2) is 57.0 Å². The number of aliphatic hydroxyl groups is 3. The summed E-state index contributed by atoms with van der Waals surface area (Å²) in [5.74, 6) is 2.56. The highest BCUT2D eigenvalue weighted by atomic mass is 16.5. The van der Waals surface area contributed by atoms with Gasteiger partial charge in [0.1, 0.15) is 12.2 Å². The molecule has 5 saturated carbocycles. The Hall–Kier alpha value is -0.690. The predicted molar refractivity (Wildman–Crippen MR) is 149 cm³/mol. The van der Waals surface area contributed by atoms with Crippen molar-refractivity contribution in [3.63, 3.8) is 0 Å².